The highest BCUT2D eigenvalue weighted by Crippen LogP contribution is 2.06. The van der Waals surface area contributed by atoms with Crippen LogP contribution in [0.15, 0.2) is 30.3 Å². The lowest BCUT2D eigenvalue weighted by atomic mass is 10.0. The van der Waals surface area contributed by atoms with E-state index in [2.05, 4.69) is 28.6 Å². The lowest BCUT2D eigenvalue weighted by Crippen LogP contribution is -2.58. The standard InChI is InChI=1S/C22H32N4O7S/c1-12(2)18(23)21(31)24-14(8-9-17(27)28)19(29)26-16(11-34)20(30)25-15(22(32)33)10-13-6-4-3-5-7-13/h3-7,12,14-16,18,34H,8-11,23H2,1-2H3,(H,24,31)(H,25,30)(H,26,29)(H,27,28)(H,32,33). The van der Waals surface area contributed by atoms with Crippen molar-refractivity contribution in [1.82, 2.24) is 16.0 Å². The molecule has 1 aromatic rings. The summed E-state index contributed by atoms with van der Waals surface area (Å²) in [7, 11) is 0. The molecule has 11 nitrogen and oxygen atoms in total. The van der Waals surface area contributed by atoms with E-state index in [4.69, 9.17) is 10.8 Å². The molecule has 0 aliphatic heterocycles. The highest BCUT2D eigenvalue weighted by molar-refractivity contribution is 7.80. The van der Waals surface area contributed by atoms with Crippen molar-refractivity contribution < 1.29 is 34.2 Å². The second-order valence-electron chi connectivity index (χ2n) is 8.10. The Morgan fingerprint density at radius 1 is 0.882 bits per heavy atom. The SMILES string of the molecule is CC(C)C(N)C(=O)NC(CCC(=O)O)C(=O)NC(CS)C(=O)NC(Cc1ccccc1)C(=O)O. The van der Waals surface area contributed by atoms with Crippen molar-refractivity contribution in [2.45, 2.75) is 57.3 Å². The summed E-state index contributed by atoms with van der Waals surface area (Å²) in [4.78, 5) is 60.4. The zero-order chi connectivity index (χ0) is 25.8. The van der Waals surface area contributed by atoms with Gasteiger partial charge in [0.25, 0.3) is 0 Å². The molecule has 0 fully saturated rings. The Labute approximate surface area is 203 Å². The van der Waals surface area contributed by atoms with Gasteiger partial charge in [-0.25, -0.2) is 4.79 Å². The molecule has 0 saturated heterocycles. The maximum Gasteiger partial charge on any atom is 0.326 e. The molecule has 12 heteroatoms. The third-order valence-electron chi connectivity index (χ3n) is 5.01. The van der Waals surface area contributed by atoms with Gasteiger partial charge in [-0.1, -0.05) is 44.2 Å². The molecule has 34 heavy (non-hydrogen) atoms. The van der Waals surface area contributed by atoms with E-state index in [1.165, 1.54) is 0 Å². The summed E-state index contributed by atoms with van der Waals surface area (Å²) in [5.74, 6) is -5.05. The molecule has 7 N–H and O–H groups in total. The number of aliphatic carboxylic acids is 2. The molecule has 1 aromatic carbocycles. The number of nitrogens with one attached hydrogen (secondary N) is 3. The lowest BCUT2D eigenvalue weighted by molar-refractivity contribution is -0.142. The van der Waals surface area contributed by atoms with E-state index in [1.54, 1.807) is 44.2 Å². The van der Waals surface area contributed by atoms with E-state index in [-0.39, 0.29) is 24.5 Å². The van der Waals surface area contributed by atoms with E-state index in [0.29, 0.717) is 5.56 Å². The summed E-state index contributed by atoms with van der Waals surface area (Å²) in [6.45, 7) is 3.43. The fourth-order valence-corrected chi connectivity index (χ4v) is 3.15. The topological polar surface area (TPSA) is 188 Å². The van der Waals surface area contributed by atoms with Gasteiger partial charge >= 0.3 is 11.9 Å². The molecule has 0 radical (unpaired) electrons. The second-order valence-corrected chi connectivity index (χ2v) is 8.46. The molecule has 1 rings (SSSR count). The highest BCUT2D eigenvalue weighted by atomic mass is 32.1. The first kappa shape index (κ1) is 28.9. The van der Waals surface area contributed by atoms with Crippen molar-refractivity contribution in [2.75, 3.05) is 5.75 Å². The summed E-state index contributed by atoms with van der Waals surface area (Å²) in [6, 6.07) is 4.04. The molecule has 188 valence electrons. The summed E-state index contributed by atoms with van der Waals surface area (Å²) in [6.07, 6.45) is -0.616. The van der Waals surface area contributed by atoms with Crippen LogP contribution in [-0.4, -0.2) is 69.8 Å². The van der Waals surface area contributed by atoms with E-state index in [1.807, 2.05) is 0 Å². The van der Waals surface area contributed by atoms with Crippen LogP contribution in [0.3, 0.4) is 0 Å². The predicted molar refractivity (Wildman–Crippen MR) is 127 cm³/mol. The van der Waals surface area contributed by atoms with Gasteiger partial charge in [-0.15, -0.1) is 0 Å². The number of hydrogen-bond acceptors (Lipinski definition) is 7. The molecule has 0 spiro atoms. The van der Waals surface area contributed by atoms with Crippen LogP contribution in [0.4, 0.5) is 0 Å². The number of carbonyl (C=O) groups excluding carboxylic acids is 3. The third kappa shape index (κ3) is 9.79. The first-order valence-electron chi connectivity index (χ1n) is 10.7. The Morgan fingerprint density at radius 3 is 1.91 bits per heavy atom. The minimum absolute atomic E-state index is 0.0273. The van der Waals surface area contributed by atoms with Crippen molar-refractivity contribution in [3.05, 3.63) is 35.9 Å². The number of carboxylic acids is 2. The lowest BCUT2D eigenvalue weighted by Gasteiger charge is -2.25. The Hall–Kier alpha value is -3.12. The summed E-state index contributed by atoms with van der Waals surface area (Å²) < 4.78 is 0. The van der Waals surface area contributed by atoms with Crippen molar-refractivity contribution in [3.8, 4) is 0 Å². The first-order chi connectivity index (χ1) is 16.0. The summed E-state index contributed by atoms with van der Waals surface area (Å²) >= 11 is 4.06. The van der Waals surface area contributed by atoms with Crippen LogP contribution in [0.5, 0.6) is 0 Å². The minimum Gasteiger partial charge on any atom is -0.481 e. The van der Waals surface area contributed by atoms with Crippen molar-refractivity contribution in [3.63, 3.8) is 0 Å². The van der Waals surface area contributed by atoms with Gasteiger partial charge < -0.3 is 31.9 Å². The van der Waals surface area contributed by atoms with Gasteiger partial charge in [0.05, 0.1) is 6.04 Å². The van der Waals surface area contributed by atoms with Crippen LogP contribution < -0.4 is 21.7 Å². The number of rotatable bonds is 14. The number of carbonyl (C=O) groups is 5. The Kier molecular flexibility index (Phi) is 12.1. The molecule has 0 aromatic heterocycles. The van der Waals surface area contributed by atoms with Gasteiger partial charge in [0.2, 0.25) is 17.7 Å². The van der Waals surface area contributed by atoms with Crippen molar-refractivity contribution in [1.29, 1.82) is 0 Å². The van der Waals surface area contributed by atoms with Crippen LogP contribution >= 0.6 is 12.6 Å². The van der Waals surface area contributed by atoms with E-state index >= 15 is 0 Å². The molecule has 0 aliphatic rings. The van der Waals surface area contributed by atoms with Crippen LogP contribution in [0.25, 0.3) is 0 Å². The Morgan fingerprint density at radius 2 is 1.41 bits per heavy atom. The van der Waals surface area contributed by atoms with Gasteiger partial charge in [-0.2, -0.15) is 12.6 Å². The molecule has 3 amide bonds. The van der Waals surface area contributed by atoms with Gasteiger partial charge in [-0.05, 0) is 17.9 Å². The largest absolute Gasteiger partial charge is 0.481 e. The predicted octanol–water partition coefficient (Wildman–Crippen LogP) is -0.454. The molecule has 0 heterocycles. The van der Waals surface area contributed by atoms with E-state index in [9.17, 15) is 29.1 Å². The maximum atomic E-state index is 12.8. The average Bonchev–Trinajstić information content (AvgIpc) is 2.78. The Bertz CT molecular complexity index is 866. The second kappa shape index (κ2) is 14.2. The first-order valence-corrected chi connectivity index (χ1v) is 11.4. The molecular weight excluding hydrogens is 464 g/mol. The number of amides is 3. The number of carboxylic acid groups (broad SMARTS) is 2. The van der Waals surface area contributed by atoms with E-state index < -0.39 is 60.2 Å². The van der Waals surface area contributed by atoms with Crippen LogP contribution in [0.2, 0.25) is 0 Å². The van der Waals surface area contributed by atoms with Gasteiger partial charge in [-0.3, -0.25) is 19.2 Å². The molecule has 4 unspecified atom stereocenters. The zero-order valence-electron chi connectivity index (χ0n) is 19.1. The number of thiol groups is 1. The number of hydrogen-bond donors (Lipinski definition) is 7. The Balaban J connectivity index is 2.89. The zero-order valence-corrected chi connectivity index (χ0v) is 20.0. The maximum absolute atomic E-state index is 12.8. The smallest absolute Gasteiger partial charge is 0.326 e. The monoisotopic (exact) mass is 496 g/mol. The highest BCUT2D eigenvalue weighted by Gasteiger charge is 2.30. The molecule has 0 saturated carbocycles. The molecule has 0 bridgehead atoms. The third-order valence-corrected chi connectivity index (χ3v) is 5.38. The van der Waals surface area contributed by atoms with Gasteiger partial charge in [0.1, 0.15) is 18.1 Å². The minimum atomic E-state index is -1.26. The molecular formula is C22H32N4O7S. The number of nitrogens with two attached hydrogens (primary N) is 1. The van der Waals surface area contributed by atoms with Gasteiger partial charge in [0.15, 0.2) is 0 Å². The number of benzene rings is 1. The quantitative estimate of drug-likeness (QED) is 0.169. The van der Waals surface area contributed by atoms with Crippen molar-refractivity contribution >= 4 is 42.3 Å². The average molecular weight is 497 g/mol. The van der Waals surface area contributed by atoms with Crippen LogP contribution in [-0.2, 0) is 30.4 Å². The van der Waals surface area contributed by atoms with E-state index in [0.717, 1.165) is 0 Å². The molecule has 4 atom stereocenters. The van der Waals surface area contributed by atoms with Crippen molar-refractivity contribution in [2.24, 2.45) is 11.7 Å². The fourth-order valence-electron chi connectivity index (χ4n) is 2.90. The van der Waals surface area contributed by atoms with Crippen LogP contribution in [0.1, 0.15) is 32.3 Å². The van der Waals surface area contributed by atoms with Crippen LogP contribution in [0, 0.1) is 5.92 Å². The van der Waals surface area contributed by atoms with Gasteiger partial charge in [0, 0.05) is 18.6 Å². The molecule has 0 aliphatic carbocycles. The summed E-state index contributed by atoms with van der Waals surface area (Å²) in [5, 5.41) is 25.7. The normalized spacial score (nSPS) is 14.4. The summed E-state index contributed by atoms with van der Waals surface area (Å²) in [5.41, 5.74) is 6.49. The fraction of sp³-hybridized carbons (Fsp3) is 0.500.